The maximum atomic E-state index is 13.1. The molecule has 6 nitrogen and oxygen atoms in total. The molecule has 0 aliphatic carbocycles. The second kappa shape index (κ2) is 7.87. The van der Waals surface area contributed by atoms with Gasteiger partial charge < -0.3 is 14.7 Å². The first kappa shape index (κ1) is 18.9. The lowest BCUT2D eigenvalue weighted by atomic mass is 10.0. The lowest BCUT2D eigenvalue weighted by molar-refractivity contribution is 0.0733. The Morgan fingerprint density at radius 3 is 2.43 bits per heavy atom. The quantitative estimate of drug-likeness (QED) is 0.819. The average Bonchev–Trinajstić information content (AvgIpc) is 2.73. The zero-order valence-electron chi connectivity index (χ0n) is 17.1. The first-order valence-corrected chi connectivity index (χ1v) is 10.2. The van der Waals surface area contributed by atoms with E-state index in [4.69, 9.17) is 4.98 Å². The van der Waals surface area contributed by atoms with Crippen molar-refractivity contribution in [3.8, 4) is 0 Å². The number of benzene rings is 1. The van der Waals surface area contributed by atoms with Crippen molar-refractivity contribution < 1.29 is 4.79 Å². The lowest BCUT2D eigenvalue weighted by Gasteiger charge is -2.37. The van der Waals surface area contributed by atoms with Crippen LogP contribution in [0.15, 0.2) is 24.3 Å². The van der Waals surface area contributed by atoms with E-state index in [0.29, 0.717) is 13.1 Å². The zero-order chi connectivity index (χ0) is 19.7. The van der Waals surface area contributed by atoms with Crippen LogP contribution in [0, 0.1) is 6.92 Å². The summed E-state index contributed by atoms with van der Waals surface area (Å²) >= 11 is 0. The monoisotopic (exact) mass is 379 g/mol. The Labute approximate surface area is 167 Å². The molecule has 0 radical (unpaired) electrons. The van der Waals surface area contributed by atoms with Gasteiger partial charge in [0, 0.05) is 50.3 Å². The van der Waals surface area contributed by atoms with Crippen molar-refractivity contribution in [2.24, 2.45) is 0 Å². The number of piperazine rings is 1. The molecule has 2 aliphatic heterocycles. The van der Waals surface area contributed by atoms with Gasteiger partial charge in [0.25, 0.3) is 5.91 Å². The Bertz CT molecular complexity index is 856. The number of hydrogen-bond acceptors (Lipinski definition) is 5. The molecule has 0 unspecified atom stereocenters. The van der Waals surface area contributed by atoms with Gasteiger partial charge in [-0.3, -0.25) is 4.79 Å². The third-order valence-electron chi connectivity index (χ3n) is 5.85. The fourth-order valence-electron chi connectivity index (χ4n) is 4.04. The maximum Gasteiger partial charge on any atom is 0.254 e. The number of amides is 1. The molecule has 1 fully saturated rings. The molecule has 2 aliphatic rings. The highest BCUT2D eigenvalue weighted by Crippen LogP contribution is 2.28. The van der Waals surface area contributed by atoms with Crippen LogP contribution in [0.1, 0.15) is 39.9 Å². The van der Waals surface area contributed by atoms with Crippen LogP contribution in [0.2, 0.25) is 0 Å². The lowest BCUT2D eigenvalue weighted by Crippen LogP contribution is -2.46. The molecule has 6 heteroatoms. The van der Waals surface area contributed by atoms with Crippen molar-refractivity contribution in [1.29, 1.82) is 0 Å². The summed E-state index contributed by atoms with van der Waals surface area (Å²) in [6.45, 7) is 9.38. The number of carbonyl (C=O) groups excluding carboxylic acids is 1. The first-order chi connectivity index (χ1) is 13.5. The molecule has 4 rings (SSSR count). The van der Waals surface area contributed by atoms with Gasteiger partial charge in [-0.15, -0.1) is 0 Å². The van der Waals surface area contributed by atoms with E-state index >= 15 is 0 Å². The number of rotatable bonds is 3. The minimum atomic E-state index is 0.0956. The number of aryl methyl sites for hydroxylation is 2. The summed E-state index contributed by atoms with van der Waals surface area (Å²) in [4.78, 5) is 29.2. The van der Waals surface area contributed by atoms with E-state index in [1.165, 1.54) is 5.56 Å². The van der Waals surface area contributed by atoms with E-state index < -0.39 is 0 Å². The normalized spacial score (nSPS) is 17.5. The summed E-state index contributed by atoms with van der Waals surface area (Å²) in [6, 6.07) is 7.99. The molecule has 1 saturated heterocycles. The van der Waals surface area contributed by atoms with Crippen LogP contribution in [0.25, 0.3) is 0 Å². The van der Waals surface area contributed by atoms with Gasteiger partial charge in [0.1, 0.15) is 11.6 Å². The van der Waals surface area contributed by atoms with E-state index in [2.05, 4.69) is 28.8 Å². The molecule has 0 spiro atoms. The van der Waals surface area contributed by atoms with Crippen LogP contribution in [0.5, 0.6) is 0 Å². The minimum absolute atomic E-state index is 0.0956. The number of hydrogen-bond donors (Lipinski definition) is 0. The molecular weight excluding hydrogens is 350 g/mol. The minimum Gasteiger partial charge on any atom is -0.354 e. The smallest absolute Gasteiger partial charge is 0.254 e. The predicted molar refractivity (Wildman–Crippen MR) is 111 cm³/mol. The first-order valence-electron chi connectivity index (χ1n) is 10.2. The number of aromatic nitrogens is 2. The van der Waals surface area contributed by atoms with E-state index in [9.17, 15) is 4.79 Å². The number of anilines is 1. The maximum absolute atomic E-state index is 13.1. The Morgan fingerprint density at radius 2 is 1.75 bits per heavy atom. The second-order valence-corrected chi connectivity index (χ2v) is 7.84. The second-order valence-electron chi connectivity index (χ2n) is 7.84. The molecule has 28 heavy (non-hydrogen) atoms. The van der Waals surface area contributed by atoms with Gasteiger partial charge in [0.05, 0.1) is 12.2 Å². The fourth-order valence-corrected chi connectivity index (χ4v) is 4.04. The van der Waals surface area contributed by atoms with Crippen molar-refractivity contribution >= 4 is 11.7 Å². The summed E-state index contributed by atoms with van der Waals surface area (Å²) in [5.41, 5.74) is 4.24. The highest BCUT2D eigenvalue weighted by Gasteiger charge is 2.28. The third kappa shape index (κ3) is 3.74. The van der Waals surface area contributed by atoms with Gasteiger partial charge >= 0.3 is 0 Å². The summed E-state index contributed by atoms with van der Waals surface area (Å²) in [6.07, 6.45) is 1.77. The van der Waals surface area contributed by atoms with Crippen LogP contribution >= 0.6 is 0 Å². The average molecular weight is 380 g/mol. The van der Waals surface area contributed by atoms with Crippen molar-refractivity contribution in [3.05, 3.63) is 52.5 Å². The number of fused-ring (bicyclic) bond motifs is 1. The zero-order valence-corrected chi connectivity index (χ0v) is 17.1. The Hall–Kier alpha value is -2.47. The number of likely N-dealkylation sites (N-methyl/N-ethyl adjacent to an activating group) is 1. The van der Waals surface area contributed by atoms with Gasteiger partial charge in [-0.2, -0.15) is 0 Å². The number of carbonyl (C=O) groups is 1. The molecule has 0 N–H and O–H groups in total. The van der Waals surface area contributed by atoms with Crippen LogP contribution < -0.4 is 4.90 Å². The summed E-state index contributed by atoms with van der Waals surface area (Å²) in [5, 5.41) is 0. The van der Waals surface area contributed by atoms with E-state index in [0.717, 1.165) is 67.5 Å². The molecule has 0 atom stereocenters. The van der Waals surface area contributed by atoms with E-state index in [1.807, 2.05) is 36.1 Å². The van der Waals surface area contributed by atoms with Crippen molar-refractivity contribution in [1.82, 2.24) is 19.8 Å². The third-order valence-corrected chi connectivity index (χ3v) is 5.85. The van der Waals surface area contributed by atoms with E-state index in [1.54, 1.807) is 0 Å². The van der Waals surface area contributed by atoms with Crippen molar-refractivity contribution in [3.63, 3.8) is 0 Å². The highest BCUT2D eigenvalue weighted by molar-refractivity contribution is 5.94. The summed E-state index contributed by atoms with van der Waals surface area (Å²) in [7, 11) is 2.16. The van der Waals surface area contributed by atoms with Gasteiger partial charge in [0.2, 0.25) is 0 Å². The topological polar surface area (TPSA) is 52.6 Å². The van der Waals surface area contributed by atoms with Gasteiger partial charge in [-0.1, -0.05) is 19.1 Å². The van der Waals surface area contributed by atoms with Crippen LogP contribution in [0.3, 0.4) is 0 Å². The number of nitrogens with zero attached hydrogens (tertiary/aromatic N) is 5. The fraction of sp³-hybridized carbons (Fsp3) is 0.500. The van der Waals surface area contributed by atoms with E-state index in [-0.39, 0.29) is 5.91 Å². The molecule has 148 valence electrons. The molecule has 0 bridgehead atoms. The highest BCUT2D eigenvalue weighted by atomic mass is 16.2. The Morgan fingerprint density at radius 1 is 1.04 bits per heavy atom. The summed E-state index contributed by atoms with van der Waals surface area (Å²) < 4.78 is 0. The standard InChI is InChI=1S/C22H29N5O/c1-4-17-5-7-18(8-6-17)22(28)27-10-9-20-19(15-27)21(24-16(2)23-20)26-13-11-25(3)12-14-26/h5-8H,4,9-15H2,1-3H3. The van der Waals surface area contributed by atoms with Crippen molar-refractivity contribution in [2.45, 2.75) is 33.2 Å². The van der Waals surface area contributed by atoms with Gasteiger partial charge in [-0.25, -0.2) is 9.97 Å². The largest absolute Gasteiger partial charge is 0.354 e. The SMILES string of the molecule is CCc1ccc(C(=O)N2CCc3nc(C)nc(N4CCN(C)CC4)c3C2)cc1. The molecule has 2 aromatic rings. The molecular formula is C22H29N5O. The molecule has 1 amide bonds. The molecule has 3 heterocycles. The molecule has 0 saturated carbocycles. The van der Waals surface area contributed by atoms with Crippen LogP contribution in [0.4, 0.5) is 5.82 Å². The van der Waals surface area contributed by atoms with Crippen LogP contribution in [-0.2, 0) is 19.4 Å². The summed E-state index contributed by atoms with van der Waals surface area (Å²) in [5.74, 6) is 1.94. The molecule has 1 aromatic heterocycles. The van der Waals surface area contributed by atoms with Gasteiger partial charge in [0.15, 0.2) is 0 Å². The predicted octanol–water partition coefficient (Wildman–Crippen LogP) is 2.30. The van der Waals surface area contributed by atoms with Crippen molar-refractivity contribution in [2.75, 3.05) is 44.7 Å². The molecule has 1 aromatic carbocycles. The Kier molecular flexibility index (Phi) is 5.31. The van der Waals surface area contributed by atoms with Gasteiger partial charge in [-0.05, 0) is 38.1 Å². The Balaban J connectivity index is 1.59. The van der Waals surface area contributed by atoms with Crippen LogP contribution in [-0.4, -0.2) is 65.4 Å².